The van der Waals surface area contributed by atoms with Crippen molar-refractivity contribution in [3.05, 3.63) is 108 Å². The van der Waals surface area contributed by atoms with Gasteiger partial charge in [0, 0.05) is 50.0 Å². The number of nitrogen functional groups attached to an aromatic ring is 1. The molecular weight excluding hydrogens is 598 g/mol. The molecule has 0 radical (unpaired) electrons. The van der Waals surface area contributed by atoms with E-state index in [1.165, 1.54) is 12.0 Å². The van der Waals surface area contributed by atoms with E-state index in [0.29, 0.717) is 28.7 Å². The van der Waals surface area contributed by atoms with Crippen molar-refractivity contribution in [2.24, 2.45) is 5.41 Å². The number of fused-ring (bicyclic) bond motifs is 1. The van der Waals surface area contributed by atoms with Crippen LogP contribution >= 0.6 is 0 Å². The number of carbonyl (C=O) groups is 1. The summed E-state index contributed by atoms with van der Waals surface area (Å²) in [6.45, 7) is 16.6. The number of hydrogen-bond acceptors (Lipinski definition) is 8. The Balaban J connectivity index is 0.00000197. The van der Waals surface area contributed by atoms with Crippen molar-refractivity contribution in [1.82, 2.24) is 29.3 Å². The van der Waals surface area contributed by atoms with Crippen LogP contribution in [-0.4, -0.2) is 68.4 Å². The molecule has 248 valence electrons. The molecule has 2 fully saturated rings. The van der Waals surface area contributed by atoms with E-state index >= 15 is 0 Å². The number of allylic oxidation sites excluding steroid dienone is 6. The number of likely N-dealkylation sites (tertiary alicyclic amines) is 2. The molecule has 0 bridgehead atoms. The quantitative estimate of drug-likeness (QED) is 0.162. The Morgan fingerprint density at radius 1 is 1.06 bits per heavy atom. The average molecular weight is 644 g/mol. The minimum Gasteiger partial charge on any atom is -0.494 e. The molecule has 5 heterocycles. The second-order valence-corrected chi connectivity index (χ2v) is 12.5. The third-order valence-electron chi connectivity index (χ3n) is 9.42. The van der Waals surface area contributed by atoms with Gasteiger partial charge in [0.05, 0.1) is 23.9 Å². The first kappa shape index (κ1) is 32.9. The SMILES string of the molecule is C=C1C(=O)C(N2CCCC3(CN(Cc4ccc(-n5c(-c6cccnc6N)nc6ccc(C(/C=C\C)=C/C)nc65)cc4)C3)C2)=C1OC.CC. The van der Waals surface area contributed by atoms with Crippen LogP contribution < -0.4 is 5.73 Å². The maximum atomic E-state index is 12.5. The van der Waals surface area contributed by atoms with Gasteiger partial charge in [-0.1, -0.05) is 50.8 Å². The molecule has 0 saturated carbocycles. The minimum atomic E-state index is 0.0247. The highest BCUT2D eigenvalue weighted by Crippen LogP contribution is 2.43. The molecule has 3 aliphatic rings. The summed E-state index contributed by atoms with van der Waals surface area (Å²) in [5.74, 6) is 1.81. The maximum absolute atomic E-state index is 12.5. The van der Waals surface area contributed by atoms with Crippen molar-refractivity contribution in [1.29, 1.82) is 0 Å². The summed E-state index contributed by atoms with van der Waals surface area (Å²) >= 11 is 0. The summed E-state index contributed by atoms with van der Waals surface area (Å²) in [5.41, 5.74) is 14.2. The van der Waals surface area contributed by atoms with Gasteiger partial charge >= 0.3 is 0 Å². The number of imidazole rings is 1. The molecule has 7 rings (SSSR count). The molecule has 0 atom stereocenters. The Labute approximate surface area is 283 Å². The average Bonchev–Trinajstić information content (AvgIpc) is 3.48. The molecule has 0 unspecified atom stereocenters. The number of benzene rings is 1. The van der Waals surface area contributed by atoms with E-state index in [-0.39, 0.29) is 11.2 Å². The van der Waals surface area contributed by atoms with Gasteiger partial charge in [0.2, 0.25) is 5.78 Å². The van der Waals surface area contributed by atoms with Gasteiger partial charge in [-0.3, -0.25) is 14.3 Å². The highest BCUT2D eigenvalue weighted by molar-refractivity contribution is 6.18. The molecule has 1 aliphatic carbocycles. The molecule has 1 spiro atoms. The Morgan fingerprint density at radius 3 is 2.52 bits per heavy atom. The third kappa shape index (κ3) is 5.83. The van der Waals surface area contributed by atoms with Crippen LogP contribution in [0.5, 0.6) is 0 Å². The van der Waals surface area contributed by atoms with Crippen molar-refractivity contribution in [2.75, 3.05) is 39.0 Å². The molecule has 9 nitrogen and oxygen atoms in total. The molecule has 4 aromatic rings. The normalized spacial score (nSPS) is 17.9. The zero-order chi connectivity index (χ0) is 34.0. The number of anilines is 1. The lowest BCUT2D eigenvalue weighted by Crippen LogP contribution is -2.62. The standard InChI is InChI=1S/C37H39N7O2.C2H6/c1-5-9-26(6-2)29-15-16-30-36(40-29)44(35(41-30)28-10-7-18-39-34(28)38)27-13-11-25(12-14-27)20-42-21-37(22-42)17-8-19-43(23-37)31-32(45)24(3)33(31)46-4;1-2/h5-7,9-16,18H,3,8,17,19-23H2,1-2,4H3,(H2,38,39);1-2H3/b9-5-,26-6+;. The van der Waals surface area contributed by atoms with E-state index in [4.69, 9.17) is 20.4 Å². The van der Waals surface area contributed by atoms with Crippen molar-refractivity contribution in [3.63, 3.8) is 0 Å². The second kappa shape index (κ2) is 13.6. The van der Waals surface area contributed by atoms with Crippen molar-refractivity contribution >= 4 is 28.3 Å². The van der Waals surface area contributed by atoms with E-state index in [1.54, 1.807) is 13.3 Å². The van der Waals surface area contributed by atoms with Crippen LogP contribution in [-0.2, 0) is 16.1 Å². The molecule has 2 N–H and O–H groups in total. The fraction of sp³-hybridized carbons (Fsp3) is 0.333. The van der Waals surface area contributed by atoms with Crippen LogP contribution in [0.1, 0.15) is 51.8 Å². The number of rotatable bonds is 8. The van der Waals surface area contributed by atoms with Crippen LogP contribution in [0.3, 0.4) is 0 Å². The summed E-state index contributed by atoms with van der Waals surface area (Å²) in [5, 5.41) is 0. The van der Waals surface area contributed by atoms with Gasteiger partial charge in [-0.05, 0) is 74.2 Å². The largest absolute Gasteiger partial charge is 0.494 e. The van der Waals surface area contributed by atoms with Gasteiger partial charge in [0.25, 0.3) is 0 Å². The summed E-state index contributed by atoms with van der Waals surface area (Å²) < 4.78 is 7.54. The first-order valence-corrected chi connectivity index (χ1v) is 16.8. The molecular formula is C39H45N7O2. The molecule has 3 aromatic heterocycles. The predicted molar refractivity (Wildman–Crippen MR) is 193 cm³/mol. The van der Waals surface area contributed by atoms with E-state index in [1.807, 2.05) is 58.0 Å². The van der Waals surface area contributed by atoms with Gasteiger partial charge in [0.15, 0.2) is 17.2 Å². The fourth-order valence-electron chi connectivity index (χ4n) is 7.28. The lowest BCUT2D eigenvalue weighted by Gasteiger charge is -2.56. The maximum Gasteiger partial charge on any atom is 0.216 e. The summed E-state index contributed by atoms with van der Waals surface area (Å²) in [4.78, 5) is 31.6. The zero-order valence-corrected chi connectivity index (χ0v) is 28.7. The number of aromatic nitrogens is 4. The highest BCUT2D eigenvalue weighted by atomic mass is 16.5. The van der Waals surface area contributed by atoms with E-state index in [0.717, 1.165) is 72.8 Å². The Hall–Kier alpha value is -5.02. The summed E-state index contributed by atoms with van der Waals surface area (Å²) in [6.07, 6.45) is 10.1. The highest BCUT2D eigenvalue weighted by Gasteiger charge is 2.48. The first-order valence-electron chi connectivity index (χ1n) is 16.8. The van der Waals surface area contributed by atoms with Crippen molar-refractivity contribution in [2.45, 2.75) is 47.1 Å². The van der Waals surface area contributed by atoms with E-state index < -0.39 is 0 Å². The van der Waals surface area contributed by atoms with Crippen molar-refractivity contribution < 1.29 is 9.53 Å². The lowest BCUT2D eigenvalue weighted by atomic mass is 9.72. The molecule has 2 aliphatic heterocycles. The van der Waals surface area contributed by atoms with E-state index in [2.05, 4.69) is 62.3 Å². The number of carbonyl (C=O) groups excluding carboxylic acids is 1. The van der Waals surface area contributed by atoms with Gasteiger partial charge in [0.1, 0.15) is 17.0 Å². The van der Waals surface area contributed by atoms with Crippen LogP contribution in [0, 0.1) is 5.41 Å². The number of ether oxygens (including phenoxy) is 1. The Morgan fingerprint density at radius 2 is 1.83 bits per heavy atom. The molecule has 9 heteroatoms. The zero-order valence-electron chi connectivity index (χ0n) is 28.7. The smallest absolute Gasteiger partial charge is 0.216 e. The number of nitrogens with two attached hydrogens (primary N) is 1. The first-order chi connectivity index (χ1) is 23.3. The Bertz CT molecular complexity index is 1940. The third-order valence-corrected chi connectivity index (χ3v) is 9.42. The number of Topliss-reactive ketones (excluding diaryl/α,β-unsaturated/α-hetero) is 1. The van der Waals surface area contributed by atoms with Crippen molar-refractivity contribution in [3.8, 4) is 17.1 Å². The van der Waals surface area contributed by atoms with Gasteiger partial charge in [-0.15, -0.1) is 0 Å². The van der Waals surface area contributed by atoms with Crippen LogP contribution in [0.25, 0.3) is 33.8 Å². The fourth-order valence-corrected chi connectivity index (χ4v) is 7.28. The number of nitrogens with zero attached hydrogens (tertiary/aromatic N) is 6. The number of hydrogen-bond donors (Lipinski definition) is 1. The predicted octanol–water partition coefficient (Wildman–Crippen LogP) is 6.97. The van der Waals surface area contributed by atoms with E-state index in [9.17, 15) is 4.79 Å². The molecule has 0 amide bonds. The second-order valence-electron chi connectivity index (χ2n) is 12.5. The monoisotopic (exact) mass is 643 g/mol. The Kier molecular flexibility index (Phi) is 9.33. The lowest BCUT2D eigenvalue weighted by molar-refractivity contribution is -0.117. The van der Waals surface area contributed by atoms with Crippen LogP contribution in [0.4, 0.5) is 5.82 Å². The van der Waals surface area contributed by atoms with Gasteiger partial charge in [-0.25, -0.2) is 15.0 Å². The van der Waals surface area contributed by atoms with Gasteiger partial charge in [-0.2, -0.15) is 0 Å². The molecule has 48 heavy (non-hydrogen) atoms. The van der Waals surface area contributed by atoms with Gasteiger partial charge < -0.3 is 15.4 Å². The number of pyridine rings is 2. The molecule has 1 aromatic carbocycles. The summed E-state index contributed by atoms with van der Waals surface area (Å²) in [7, 11) is 1.62. The summed E-state index contributed by atoms with van der Waals surface area (Å²) in [6, 6.07) is 16.5. The number of piperidine rings is 1. The molecule has 2 saturated heterocycles. The topological polar surface area (TPSA) is 102 Å². The van der Waals surface area contributed by atoms with Crippen LogP contribution in [0.2, 0.25) is 0 Å². The number of ketones is 1. The minimum absolute atomic E-state index is 0.0247. The van der Waals surface area contributed by atoms with Crippen LogP contribution in [0.15, 0.2) is 96.6 Å². The number of methoxy groups -OCH3 is 1.